The van der Waals surface area contributed by atoms with Gasteiger partial charge >= 0.3 is 0 Å². The second kappa shape index (κ2) is 6.10. The van der Waals surface area contributed by atoms with Gasteiger partial charge in [0.2, 0.25) is 0 Å². The van der Waals surface area contributed by atoms with Gasteiger partial charge in [-0.05, 0) is 29.7 Å². The Bertz CT molecular complexity index is 697. The van der Waals surface area contributed by atoms with Crippen molar-refractivity contribution in [2.75, 3.05) is 7.11 Å². The Kier molecular flexibility index (Phi) is 5.00. The van der Waals surface area contributed by atoms with Crippen LogP contribution >= 0.6 is 24.8 Å². The molecule has 0 saturated heterocycles. The number of pyridine rings is 1. The molecule has 0 unspecified atom stereocenters. The largest absolute Gasteiger partial charge is 0.497 e. The molecule has 0 atom stereocenters. The molecule has 0 saturated carbocycles. The molecule has 0 radical (unpaired) electrons. The number of benzene rings is 1. The minimum atomic E-state index is 0. The van der Waals surface area contributed by atoms with Crippen LogP contribution in [0.1, 0.15) is 5.69 Å². The number of methoxy groups -OCH3 is 1. The van der Waals surface area contributed by atoms with E-state index in [1.807, 2.05) is 34.9 Å². The van der Waals surface area contributed by atoms with Crippen molar-refractivity contribution in [3.8, 4) is 5.75 Å². The van der Waals surface area contributed by atoms with Gasteiger partial charge in [0, 0.05) is 18.8 Å². The Morgan fingerprint density at radius 1 is 1.21 bits per heavy atom. The van der Waals surface area contributed by atoms with Gasteiger partial charge in [-0.2, -0.15) is 0 Å². The molecule has 0 amide bonds. The highest BCUT2D eigenvalue weighted by Gasteiger charge is 2.04. The van der Waals surface area contributed by atoms with E-state index < -0.39 is 0 Å². The molecular weight excluding hydrogens is 285 g/mol. The molecule has 0 spiro atoms. The fourth-order valence-electron chi connectivity index (χ4n) is 2.02. The minimum Gasteiger partial charge on any atom is -0.497 e. The zero-order valence-corrected chi connectivity index (χ0v) is 12.0. The first-order chi connectivity index (χ1) is 8.31. The van der Waals surface area contributed by atoms with Crippen LogP contribution in [0, 0.1) is 0 Å². The van der Waals surface area contributed by atoms with Crippen LogP contribution in [0.2, 0.25) is 0 Å². The second-order valence-electron chi connectivity index (χ2n) is 3.92. The summed E-state index contributed by atoms with van der Waals surface area (Å²) in [5.41, 5.74) is 8.49. The van der Waals surface area contributed by atoms with E-state index in [2.05, 4.69) is 11.1 Å². The summed E-state index contributed by atoms with van der Waals surface area (Å²) in [5.74, 6) is 0.841. The summed E-state index contributed by atoms with van der Waals surface area (Å²) in [4.78, 5) is 4.43. The Labute approximate surface area is 123 Å². The van der Waals surface area contributed by atoms with Crippen molar-refractivity contribution in [3.05, 3.63) is 42.2 Å². The highest BCUT2D eigenvalue weighted by Crippen LogP contribution is 2.22. The average molecular weight is 300 g/mol. The van der Waals surface area contributed by atoms with Crippen LogP contribution in [0.15, 0.2) is 36.5 Å². The van der Waals surface area contributed by atoms with Crippen LogP contribution in [-0.2, 0) is 6.54 Å². The Balaban J connectivity index is 0.000000902. The van der Waals surface area contributed by atoms with E-state index in [0.717, 1.165) is 28.0 Å². The van der Waals surface area contributed by atoms with E-state index in [1.54, 1.807) is 7.11 Å². The molecule has 3 rings (SSSR count). The fourth-order valence-corrected chi connectivity index (χ4v) is 2.02. The van der Waals surface area contributed by atoms with Gasteiger partial charge in [-0.1, -0.05) is 0 Å². The zero-order valence-electron chi connectivity index (χ0n) is 10.4. The van der Waals surface area contributed by atoms with Crippen LogP contribution in [0.25, 0.3) is 16.6 Å². The predicted molar refractivity (Wildman–Crippen MR) is 81.6 cm³/mol. The molecule has 2 N–H and O–H groups in total. The van der Waals surface area contributed by atoms with E-state index in [9.17, 15) is 0 Å². The maximum absolute atomic E-state index is 5.61. The summed E-state index contributed by atoms with van der Waals surface area (Å²) in [6.45, 7) is 0.452. The highest BCUT2D eigenvalue weighted by atomic mass is 35.5. The van der Waals surface area contributed by atoms with Gasteiger partial charge in [-0.15, -0.1) is 24.8 Å². The highest BCUT2D eigenvalue weighted by molar-refractivity contribution is 5.85. The van der Waals surface area contributed by atoms with E-state index in [-0.39, 0.29) is 24.8 Å². The van der Waals surface area contributed by atoms with Crippen LogP contribution < -0.4 is 10.5 Å². The van der Waals surface area contributed by atoms with Crippen LogP contribution in [-0.4, -0.2) is 16.5 Å². The van der Waals surface area contributed by atoms with Gasteiger partial charge in [0.1, 0.15) is 11.4 Å². The molecule has 0 bridgehead atoms. The van der Waals surface area contributed by atoms with E-state index >= 15 is 0 Å². The summed E-state index contributed by atoms with van der Waals surface area (Å²) < 4.78 is 7.29. The second-order valence-corrected chi connectivity index (χ2v) is 3.92. The van der Waals surface area contributed by atoms with Crippen molar-refractivity contribution in [1.29, 1.82) is 0 Å². The number of rotatable bonds is 2. The number of hydrogen-bond acceptors (Lipinski definition) is 3. The van der Waals surface area contributed by atoms with Crippen LogP contribution in [0.5, 0.6) is 5.75 Å². The number of nitrogens with two attached hydrogens (primary N) is 1. The van der Waals surface area contributed by atoms with Gasteiger partial charge in [-0.25, -0.2) is 4.98 Å². The quantitative estimate of drug-likeness (QED) is 0.792. The molecule has 1 aromatic carbocycles. The Morgan fingerprint density at radius 2 is 1.95 bits per heavy atom. The SMILES string of the molecule is COc1ccc2ccc3nc(CN)cn3c2c1.Cl.Cl. The standard InChI is InChI=1S/C13H13N3O.2ClH/c1-17-11-4-2-9-3-5-13-15-10(7-14)8-16(13)12(9)6-11;;/h2-6,8H,7,14H2,1H3;2*1H. The van der Waals surface area contributed by atoms with E-state index in [0.29, 0.717) is 6.54 Å². The summed E-state index contributed by atoms with van der Waals surface area (Å²) in [6.07, 6.45) is 1.97. The molecule has 4 nitrogen and oxygen atoms in total. The molecule has 6 heteroatoms. The third-order valence-electron chi connectivity index (χ3n) is 2.90. The van der Waals surface area contributed by atoms with Crippen LogP contribution in [0.4, 0.5) is 0 Å². The zero-order chi connectivity index (χ0) is 11.8. The number of fused-ring (bicyclic) bond motifs is 3. The number of nitrogens with zero attached hydrogens (tertiary/aromatic N) is 2. The summed E-state index contributed by atoms with van der Waals surface area (Å²) >= 11 is 0. The van der Waals surface area contributed by atoms with Gasteiger partial charge in [-0.3, -0.25) is 4.40 Å². The normalized spacial score (nSPS) is 10.0. The Hall–Kier alpha value is -1.49. The molecule has 2 heterocycles. The molecule has 3 aromatic rings. The lowest BCUT2D eigenvalue weighted by Crippen LogP contribution is -1.95. The van der Waals surface area contributed by atoms with E-state index in [4.69, 9.17) is 10.5 Å². The number of aromatic nitrogens is 2. The van der Waals surface area contributed by atoms with Crippen LogP contribution in [0.3, 0.4) is 0 Å². The lowest BCUT2D eigenvalue weighted by Gasteiger charge is -2.04. The lowest BCUT2D eigenvalue weighted by atomic mass is 10.2. The van der Waals surface area contributed by atoms with Gasteiger partial charge in [0.15, 0.2) is 0 Å². The van der Waals surface area contributed by atoms with Crippen molar-refractivity contribution >= 4 is 41.4 Å². The van der Waals surface area contributed by atoms with Gasteiger partial charge < -0.3 is 10.5 Å². The number of imidazole rings is 1. The average Bonchev–Trinajstić information content (AvgIpc) is 2.81. The summed E-state index contributed by atoms with van der Waals surface area (Å²) in [5, 5.41) is 1.15. The topological polar surface area (TPSA) is 52.5 Å². The first-order valence-corrected chi connectivity index (χ1v) is 5.46. The number of ether oxygens (including phenoxy) is 1. The van der Waals surface area contributed by atoms with Gasteiger partial charge in [0.05, 0.1) is 18.3 Å². The summed E-state index contributed by atoms with van der Waals surface area (Å²) in [6, 6.07) is 10.0. The molecule has 0 aliphatic rings. The van der Waals surface area contributed by atoms with Crippen molar-refractivity contribution in [2.45, 2.75) is 6.54 Å². The molecule has 0 aliphatic carbocycles. The van der Waals surface area contributed by atoms with Gasteiger partial charge in [0.25, 0.3) is 0 Å². The maximum Gasteiger partial charge on any atom is 0.137 e. The minimum absolute atomic E-state index is 0. The van der Waals surface area contributed by atoms with Crippen molar-refractivity contribution < 1.29 is 4.74 Å². The molecule has 19 heavy (non-hydrogen) atoms. The molecular formula is C13H15Cl2N3O. The maximum atomic E-state index is 5.61. The summed E-state index contributed by atoms with van der Waals surface area (Å²) in [7, 11) is 1.67. The van der Waals surface area contributed by atoms with Crippen molar-refractivity contribution in [2.24, 2.45) is 5.73 Å². The van der Waals surface area contributed by atoms with Crippen molar-refractivity contribution in [3.63, 3.8) is 0 Å². The van der Waals surface area contributed by atoms with E-state index in [1.165, 1.54) is 0 Å². The fraction of sp³-hybridized carbons (Fsp3) is 0.154. The van der Waals surface area contributed by atoms with Crippen molar-refractivity contribution in [1.82, 2.24) is 9.38 Å². The first-order valence-electron chi connectivity index (χ1n) is 5.46. The third-order valence-corrected chi connectivity index (χ3v) is 2.90. The molecule has 0 aliphatic heterocycles. The molecule has 2 aromatic heterocycles. The molecule has 0 fully saturated rings. The molecule has 102 valence electrons. The third kappa shape index (κ3) is 2.61. The number of halogens is 2. The lowest BCUT2D eigenvalue weighted by molar-refractivity contribution is 0.415. The number of hydrogen-bond donors (Lipinski definition) is 1. The monoisotopic (exact) mass is 299 g/mol. The Morgan fingerprint density at radius 3 is 2.63 bits per heavy atom. The predicted octanol–water partition coefficient (Wildman–Crippen LogP) is 2.80. The first kappa shape index (κ1) is 15.6. The smallest absolute Gasteiger partial charge is 0.137 e.